The summed E-state index contributed by atoms with van der Waals surface area (Å²) in [5.41, 5.74) is 4.14. The van der Waals surface area contributed by atoms with Crippen LogP contribution in [0.15, 0.2) is 36.8 Å². The molecule has 3 aromatic rings. The van der Waals surface area contributed by atoms with E-state index in [1.807, 2.05) is 45.3 Å². The molecule has 1 saturated heterocycles. The maximum Gasteiger partial charge on any atom is 0.252 e. The molecule has 1 amide bonds. The van der Waals surface area contributed by atoms with Crippen molar-refractivity contribution in [3.05, 3.63) is 53.5 Å². The number of nitrogens with one attached hydrogen (secondary N) is 1. The van der Waals surface area contributed by atoms with Gasteiger partial charge in [-0.25, -0.2) is 4.98 Å². The van der Waals surface area contributed by atoms with Gasteiger partial charge in [-0.05, 0) is 50.2 Å². The number of benzene rings is 1. The van der Waals surface area contributed by atoms with Crippen molar-refractivity contribution in [2.75, 3.05) is 52.3 Å². The molecule has 1 atom stereocenters. The quantitative estimate of drug-likeness (QED) is 0.559. The first-order chi connectivity index (χ1) is 16.8. The Bertz CT molecular complexity index is 1200. The van der Waals surface area contributed by atoms with Crippen molar-refractivity contribution < 1.29 is 14.3 Å². The zero-order valence-corrected chi connectivity index (χ0v) is 21.3. The van der Waals surface area contributed by atoms with Gasteiger partial charge in [0.2, 0.25) is 0 Å². The molecule has 1 aromatic carbocycles. The summed E-state index contributed by atoms with van der Waals surface area (Å²) in [7, 11) is 7.21. The molecule has 0 spiro atoms. The summed E-state index contributed by atoms with van der Waals surface area (Å²) in [5, 5.41) is 7.44. The first-order valence-electron chi connectivity index (χ1n) is 11.8. The number of hydrogen-bond acceptors (Lipinski definition) is 7. The lowest BCUT2D eigenvalue weighted by atomic mass is 9.99. The third-order valence-electron chi connectivity index (χ3n) is 6.53. The van der Waals surface area contributed by atoms with Gasteiger partial charge in [0, 0.05) is 62.3 Å². The summed E-state index contributed by atoms with van der Waals surface area (Å²) in [6.07, 6.45) is 5.49. The van der Waals surface area contributed by atoms with Gasteiger partial charge in [-0.15, -0.1) is 0 Å². The first-order valence-corrected chi connectivity index (χ1v) is 11.8. The molecule has 4 rings (SSSR count). The molecule has 0 saturated carbocycles. The first kappa shape index (κ1) is 24.5. The number of carbonyl (C=O) groups excluding carboxylic acids is 1. The molecule has 2 aromatic heterocycles. The predicted octanol–water partition coefficient (Wildman–Crippen LogP) is 3.05. The minimum atomic E-state index is -0.266. The van der Waals surface area contributed by atoms with Crippen molar-refractivity contribution >= 4 is 11.7 Å². The Morgan fingerprint density at radius 2 is 1.80 bits per heavy atom. The van der Waals surface area contributed by atoms with Crippen molar-refractivity contribution in [1.82, 2.24) is 25.0 Å². The lowest BCUT2D eigenvalue weighted by Gasteiger charge is -2.33. The maximum atomic E-state index is 13.3. The van der Waals surface area contributed by atoms with Crippen LogP contribution in [0.1, 0.15) is 34.5 Å². The van der Waals surface area contributed by atoms with E-state index in [1.165, 1.54) is 0 Å². The highest BCUT2D eigenvalue weighted by Crippen LogP contribution is 2.40. The van der Waals surface area contributed by atoms with Gasteiger partial charge < -0.3 is 24.6 Å². The average molecular weight is 479 g/mol. The number of rotatable bonds is 7. The van der Waals surface area contributed by atoms with Crippen molar-refractivity contribution in [3.63, 3.8) is 0 Å². The van der Waals surface area contributed by atoms with Gasteiger partial charge in [0.15, 0.2) is 11.5 Å². The number of amides is 1. The Morgan fingerprint density at radius 3 is 2.43 bits per heavy atom. The maximum absolute atomic E-state index is 13.3. The van der Waals surface area contributed by atoms with E-state index in [4.69, 9.17) is 9.47 Å². The van der Waals surface area contributed by atoms with Crippen LogP contribution in [0, 0.1) is 6.92 Å². The summed E-state index contributed by atoms with van der Waals surface area (Å²) < 4.78 is 13.0. The molecule has 1 aliphatic rings. The van der Waals surface area contributed by atoms with E-state index in [0.29, 0.717) is 17.1 Å². The molecule has 9 heteroatoms. The van der Waals surface area contributed by atoms with Gasteiger partial charge >= 0.3 is 0 Å². The topological polar surface area (TPSA) is 84.8 Å². The molecule has 0 bridgehead atoms. The predicted molar refractivity (Wildman–Crippen MR) is 136 cm³/mol. The zero-order chi connectivity index (χ0) is 25.1. The van der Waals surface area contributed by atoms with E-state index in [2.05, 4.69) is 32.2 Å². The lowest BCUT2D eigenvalue weighted by Crippen LogP contribution is -2.45. The third kappa shape index (κ3) is 5.24. The highest BCUT2D eigenvalue weighted by molar-refractivity contribution is 5.96. The monoisotopic (exact) mass is 478 g/mol. The van der Waals surface area contributed by atoms with Gasteiger partial charge in [-0.1, -0.05) is 0 Å². The van der Waals surface area contributed by atoms with Crippen LogP contribution in [-0.2, 0) is 7.05 Å². The van der Waals surface area contributed by atoms with E-state index in [9.17, 15) is 4.79 Å². The summed E-state index contributed by atoms with van der Waals surface area (Å²) in [6.45, 7) is 7.63. The van der Waals surface area contributed by atoms with Gasteiger partial charge in [0.1, 0.15) is 5.82 Å². The molecule has 186 valence electrons. The van der Waals surface area contributed by atoms with Gasteiger partial charge in [-0.2, -0.15) is 5.10 Å². The number of likely N-dealkylation sites (N-methyl/N-ethyl adjacent to an activating group) is 1. The molecule has 0 radical (unpaired) electrons. The van der Waals surface area contributed by atoms with Crippen molar-refractivity contribution in [1.29, 1.82) is 0 Å². The lowest BCUT2D eigenvalue weighted by molar-refractivity contribution is 0.0939. The number of pyridine rings is 1. The number of carbonyl (C=O) groups is 1. The van der Waals surface area contributed by atoms with Crippen molar-refractivity contribution in [2.24, 2.45) is 7.05 Å². The van der Waals surface area contributed by atoms with Gasteiger partial charge in [0.05, 0.1) is 26.5 Å². The summed E-state index contributed by atoms with van der Waals surface area (Å²) in [6, 6.07) is 5.55. The number of aromatic nitrogens is 3. The Labute approximate surface area is 206 Å². The average Bonchev–Trinajstić information content (AvgIpc) is 3.29. The fourth-order valence-electron chi connectivity index (χ4n) is 4.33. The van der Waals surface area contributed by atoms with Crippen LogP contribution in [-0.4, -0.2) is 73.0 Å². The standard InChI is InChI=1S/C26H34N6O3/c1-17-14-27-24(32-9-7-30(3)8-10-32)13-21(17)26(33)29-18(2)19-11-22(20-15-28-31(4)16-20)25(35-6)23(12-19)34-5/h11-16,18H,7-10H2,1-6H3,(H,29,33). The minimum Gasteiger partial charge on any atom is -0.493 e. The van der Waals surface area contributed by atoms with Gasteiger partial charge in [0.25, 0.3) is 5.91 Å². The number of nitrogens with zero attached hydrogens (tertiary/aromatic N) is 5. The highest BCUT2D eigenvalue weighted by atomic mass is 16.5. The Balaban J connectivity index is 1.59. The van der Waals surface area contributed by atoms with Gasteiger partial charge in [-0.3, -0.25) is 9.48 Å². The van der Waals surface area contributed by atoms with Crippen molar-refractivity contribution in [3.8, 4) is 22.6 Å². The SMILES string of the molecule is COc1cc(C(C)NC(=O)c2cc(N3CCN(C)CC3)ncc2C)cc(-c2cnn(C)c2)c1OC. The van der Waals surface area contributed by atoms with Crippen LogP contribution >= 0.6 is 0 Å². The molecule has 1 N–H and O–H groups in total. The third-order valence-corrected chi connectivity index (χ3v) is 6.53. The number of ether oxygens (including phenoxy) is 2. The number of piperazine rings is 1. The molecule has 0 aliphatic carbocycles. The van der Waals surface area contributed by atoms with Crippen LogP contribution in [0.5, 0.6) is 11.5 Å². The second kappa shape index (κ2) is 10.4. The number of methoxy groups -OCH3 is 2. The molecule has 9 nitrogen and oxygen atoms in total. The summed E-state index contributed by atoms with van der Waals surface area (Å²) >= 11 is 0. The van der Waals surface area contributed by atoms with E-state index in [1.54, 1.807) is 31.3 Å². The highest BCUT2D eigenvalue weighted by Gasteiger charge is 2.22. The molecule has 3 heterocycles. The van der Waals surface area contributed by atoms with E-state index in [-0.39, 0.29) is 11.9 Å². The number of anilines is 1. The molecule has 1 unspecified atom stereocenters. The van der Waals surface area contributed by atoms with Crippen molar-refractivity contribution in [2.45, 2.75) is 19.9 Å². The fraction of sp³-hybridized carbons (Fsp3) is 0.423. The Morgan fingerprint density at radius 1 is 1.06 bits per heavy atom. The smallest absolute Gasteiger partial charge is 0.252 e. The normalized spacial score (nSPS) is 15.1. The zero-order valence-electron chi connectivity index (χ0n) is 21.3. The Hall–Kier alpha value is -3.59. The van der Waals surface area contributed by atoms with Crippen LogP contribution < -0.4 is 19.7 Å². The van der Waals surface area contributed by atoms with Crippen LogP contribution in [0.4, 0.5) is 5.82 Å². The molecular formula is C26H34N6O3. The Kier molecular flexibility index (Phi) is 7.25. The minimum absolute atomic E-state index is 0.134. The fourth-order valence-corrected chi connectivity index (χ4v) is 4.33. The van der Waals surface area contributed by atoms with Crippen LogP contribution in [0.2, 0.25) is 0 Å². The molecule has 35 heavy (non-hydrogen) atoms. The summed E-state index contributed by atoms with van der Waals surface area (Å²) in [5.74, 6) is 1.93. The molecule has 1 aliphatic heterocycles. The van der Waals surface area contributed by atoms with E-state index >= 15 is 0 Å². The van der Waals surface area contributed by atoms with E-state index in [0.717, 1.165) is 54.3 Å². The largest absolute Gasteiger partial charge is 0.493 e. The number of aryl methyl sites for hydroxylation is 2. The molecule has 1 fully saturated rings. The number of hydrogen-bond donors (Lipinski definition) is 1. The second-order valence-corrected chi connectivity index (χ2v) is 9.05. The van der Waals surface area contributed by atoms with Crippen LogP contribution in [0.3, 0.4) is 0 Å². The molecular weight excluding hydrogens is 444 g/mol. The second-order valence-electron chi connectivity index (χ2n) is 9.05. The summed E-state index contributed by atoms with van der Waals surface area (Å²) in [4.78, 5) is 22.4. The van der Waals surface area contributed by atoms with Crippen LogP contribution in [0.25, 0.3) is 11.1 Å². The van der Waals surface area contributed by atoms with E-state index < -0.39 is 0 Å².